The first kappa shape index (κ1) is 15.8. The fourth-order valence-corrected chi connectivity index (χ4v) is 2.98. The lowest BCUT2D eigenvalue weighted by Crippen LogP contribution is -2.38. The average molecular weight is 308 g/mol. The molecule has 1 amide bonds. The molecule has 2 aromatic carbocycles. The molecule has 0 heterocycles. The maximum atomic E-state index is 12.7. The molecule has 0 radical (unpaired) electrons. The van der Waals surface area contributed by atoms with Crippen molar-refractivity contribution in [1.82, 2.24) is 5.32 Å². The molecule has 0 aromatic heterocycles. The Morgan fingerprint density at radius 2 is 1.52 bits per heavy atom. The van der Waals surface area contributed by atoms with E-state index in [0.29, 0.717) is 5.92 Å². The second-order valence-electron chi connectivity index (χ2n) is 6.46. The Kier molecular flexibility index (Phi) is 4.77. The van der Waals surface area contributed by atoms with Crippen LogP contribution in [0.25, 0.3) is 0 Å². The molecular weight excluding hydrogens is 284 g/mol. The molecule has 23 heavy (non-hydrogen) atoms. The van der Waals surface area contributed by atoms with Crippen LogP contribution in [-0.2, 0) is 4.79 Å². The summed E-state index contributed by atoms with van der Waals surface area (Å²) in [5, 5.41) is 3.23. The fourth-order valence-electron chi connectivity index (χ4n) is 2.98. The number of amides is 1. The first-order chi connectivity index (χ1) is 11.2. The van der Waals surface area contributed by atoms with Crippen molar-refractivity contribution in [2.24, 2.45) is 17.6 Å². The lowest BCUT2D eigenvalue weighted by atomic mass is 9.93. The number of rotatable bonds is 6. The SMILES string of the molecule is CC(C(=O)NC(c1ccccc1)C1CC1)C(N)c1ccccc1. The molecule has 3 rings (SSSR count). The fraction of sp³-hybridized carbons (Fsp3) is 0.350. The minimum Gasteiger partial charge on any atom is -0.349 e. The number of hydrogen-bond donors (Lipinski definition) is 2. The zero-order valence-corrected chi connectivity index (χ0v) is 13.5. The molecule has 0 bridgehead atoms. The molecule has 3 unspecified atom stereocenters. The van der Waals surface area contributed by atoms with Crippen LogP contribution in [0.2, 0.25) is 0 Å². The molecule has 120 valence electrons. The van der Waals surface area contributed by atoms with E-state index in [0.717, 1.165) is 5.56 Å². The van der Waals surface area contributed by atoms with Crippen LogP contribution in [0.1, 0.15) is 43.0 Å². The monoisotopic (exact) mass is 308 g/mol. The minimum absolute atomic E-state index is 0.0297. The highest BCUT2D eigenvalue weighted by atomic mass is 16.2. The van der Waals surface area contributed by atoms with Gasteiger partial charge in [-0.3, -0.25) is 4.79 Å². The number of carbonyl (C=O) groups excluding carboxylic acids is 1. The number of nitrogens with one attached hydrogen (secondary N) is 1. The van der Waals surface area contributed by atoms with Crippen LogP contribution in [0.15, 0.2) is 60.7 Å². The summed E-state index contributed by atoms with van der Waals surface area (Å²) in [7, 11) is 0. The maximum absolute atomic E-state index is 12.7. The van der Waals surface area contributed by atoms with Gasteiger partial charge in [-0.15, -0.1) is 0 Å². The standard InChI is InChI=1S/C20H24N2O/c1-14(18(21)15-8-4-2-5-9-15)20(23)22-19(17-12-13-17)16-10-6-3-7-11-16/h2-11,14,17-19H,12-13,21H2,1H3,(H,22,23). The molecule has 3 N–H and O–H groups in total. The predicted molar refractivity (Wildman–Crippen MR) is 92.6 cm³/mol. The van der Waals surface area contributed by atoms with E-state index in [9.17, 15) is 4.79 Å². The number of nitrogens with two attached hydrogens (primary N) is 1. The summed E-state index contributed by atoms with van der Waals surface area (Å²) >= 11 is 0. The number of hydrogen-bond acceptors (Lipinski definition) is 2. The van der Waals surface area contributed by atoms with Gasteiger partial charge in [-0.2, -0.15) is 0 Å². The molecule has 3 atom stereocenters. The Balaban J connectivity index is 1.69. The third-order valence-corrected chi connectivity index (χ3v) is 4.69. The van der Waals surface area contributed by atoms with E-state index < -0.39 is 0 Å². The average Bonchev–Trinajstić information content (AvgIpc) is 3.44. The number of carbonyl (C=O) groups is 1. The second-order valence-corrected chi connectivity index (χ2v) is 6.46. The van der Waals surface area contributed by atoms with Gasteiger partial charge in [0, 0.05) is 6.04 Å². The van der Waals surface area contributed by atoms with E-state index >= 15 is 0 Å². The zero-order chi connectivity index (χ0) is 16.2. The smallest absolute Gasteiger partial charge is 0.225 e. The van der Waals surface area contributed by atoms with Gasteiger partial charge in [-0.05, 0) is 29.9 Å². The minimum atomic E-state index is -0.285. The molecule has 1 fully saturated rings. The van der Waals surface area contributed by atoms with Crippen molar-refractivity contribution in [1.29, 1.82) is 0 Å². The van der Waals surface area contributed by atoms with Gasteiger partial charge in [0.25, 0.3) is 0 Å². The molecular formula is C20H24N2O. The van der Waals surface area contributed by atoms with Gasteiger partial charge in [0.1, 0.15) is 0 Å². The third kappa shape index (κ3) is 3.80. The van der Waals surface area contributed by atoms with Gasteiger partial charge in [0.05, 0.1) is 12.0 Å². The molecule has 1 aliphatic rings. The molecule has 1 aliphatic carbocycles. The van der Waals surface area contributed by atoms with Crippen LogP contribution >= 0.6 is 0 Å². The van der Waals surface area contributed by atoms with Gasteiger partial charge >= 0.3 is 0 Å². The van der Waals surface area contributed by atoms with Crippen molar-refractivity contribution < 1.29 is 4.79 Å². The van der Waals surface area contributed by atoms with Gasteiger partial charge < -0.3 is 11.1 Å². The Bertz CT molecular complexity index is 637. The molecule has 0 saturated heterocycles. The van der Waals surface area contributed by atoms with Gasteiger partial charge in [0.15, 0.2) is 0 Å². The topological polar surface area (TPSA) is 55.1 Å². The lowest BCUT2D eigenvalue weighted by Gasteiger charge is -2.24. The van der Waals surface area contributed by atoms with Crippen molar-refractivity contribution in [2.45, 2.75) is 31.8 Å². The molecule has 0 spiro atoms. The lowest BCUT2D eigenvalue weighted by molar-refractivity contribution is -0.126. The Morgan fingerprint density at radius 3 is 2.04 bits per heavy atom. The van der Waals surface area contributed by atoms with Gasteiger partial charge in [-0.1, -0.05) is 67.6 Å². The van der Waals surface area contributed by atoms with Crippen LogP contribution in [0.5, 0.6) is 0 Å². The number of benzene rings is 2. The Labute approximate surface area is 137 Å². The summed E-state index contributed by atoms with van der Waals surface area (Å²) in [6, 6.07) is 19.9. The Morgan fingerprint density at radius 1 is 1.00 bits per heavy atom. The molecule has 3 nitrogen and oxygen atoms in total. The maximum Gasteiger partial charge on any atom is 0.225 e. The van der Waals surface area contributed by atoms with Gasteiger partial charge in [-0.25, -0.2) is 0 Å². The van der Waals surface area contributed by atoms with Crippen LogP contribution in [0.4, 0.5) is 0 Å². The third-order valence-electron chi connectivity index (χ3n) is 4.69. The van der Waals surface area contributed by atoms with E-state index in [-0.39, 0.29) is 23.9 Å². The van der Waals surface area contributed by atoms with Crippen molar-refractivity contribution in [3.05, 3.63) is 71.8 Å². The summed E-state index contributed by atoms with van der Waals surface area (Å²) in [6.07, 6.45) is 2.36. The molecule has 0 aliphatic heterocycles. The van der Waals surface area contributed by atoms with Crippen LogP contribution in [0.3, 0.4) is 0 Å². The predicted octanol–water partition coefficient (Wildman–Crippen LogP) is 3.59. The molecule has 2 aromatic rings. The molecule has 3 heteroatoms. The normalized spacial score (nSPS) is 18.0. The van der Waals surface area contributed by atoms with Crippen LogP contribution < -0.4 is 11.1 Å². The Hall–Kier alpha value is -2.13. The summed E-state index contributed by atoms with van der Waals surface area (Å²) in [6.45, 7) is 1.90. The van der Waals surface area contributed by atoms with E-state index in [1.165, 1.54) is 18.4 Å². The van der Waals surface area contributed by atoms with Crippen molar-refractivity contribution in [3.8, 4) is 0 Å². The van der Waals surface area contributed by atoms with E-state index in [1.807, 2.05) is 55.5 Å². The van der Waals surface area contributed by atoms with E-state index in [2.05, 4.69) is 17.4 Å². The summed E-state index contributed by atoms with van der Waals surface area (Å²) < 4.78 is 0. The highest BCUT2D eigenvalue weighted by Gasteiger charge is 2.34. The highest BCUT2D eigenvalue weighted by Crippen LogP contribution is 2.41. The summed E-state index contributed by atoms with van der Waals surface area (Å²) in [5.74, 6) is 0.325. The summed E-state index contributed by atoms with van der Waals surface area (Å²) in [4.78, 5) is 12.7. The van der Waals surface area contributed by atoms with E-state index in [1.54, 1.807) is 0 Å². The van der Waals surface area contributed by atoms with Crippen molar-refractivity contribution in [2.75, 3.05) is 0 Å². The second kappa shape index (κ2) is 6.97. The van der Waals surface area contributed by atoms with Crippen molar-refractivity contribution in [3.63, 3.8) is 0 Å². The zero-order valence-electron chi connectivity index (χ0n) is 13.5. The summed E-state index contributed by atoms with van der Waals surface area (Å²) in [5.41, 5.74) is 8.47. The first-order valence-electron chi connectivity index (χ1n) is 8.32. The quantitative estimate of drug-likeness (QED) is 0.857. The first-order valence-corrected chi connectivity index (χ1v) is 8.32. The highest BCUT2D eigenvalue weighted by molar-refractivity contribution is 5.79. The van der Waals surface area contributed by atoms with Crippen LogP contribution in [-0.4, -0.2) is 5.91 Å². The van der Waals surface area contributed by atoms with Gasteiger partial charge in [0.2, 0.25) is 5.91 Å². The molecule has 1 saturated carbocycles. The van der Waals surface area contributed by atoms with E-state index in [4.69, 9.17) is 5.73 Å². The largest absolute Gasteiger partial charge is 0.349 e. The van der Waals surface area contributed by atoms with Crippen molar-refractivity contribution >= 4 is 5.91 Å². The van der Waals surface area contributed by atoms with Crippen LogP contribution in [0, 0.1) is 11.8 Å².